The summed E-state index contributed by atoms with van der Waals surface area (Å²) in [6.07, 6.45) is 5.12. The zero-order chi connectivity index (χ0) is 15.4. The second-order valence-electron chi connectivity index (χ2n) is 4.49. The Bertz CT molecular complexity index is 761. The molecular formula is C15H13N5O2. The van der Waals surface area contributed by atoms with Crippen LogP contribution in [0, 0.1) is 0 Å². The number of hydrazine groups is 1. The molecule has 0 radical (unpaired) electrons. The lowest BCUT2D eigenvalue weighted by Crippen LogP contribution is -2.41. The van der Waals surface area contributed by atoms with Crippen LogP contribution >= 0.6 is 0 Å². The molecule has 3 N–H and O–H groups in total. The van der Waals surface area contributed by atoms with E-state index in [0.29, 0.717) is 11.3 Å². The predicted octanol–water partition coefficient (Wildman–Crippen LogP) is 1.28. The number of aromatic amines is 1. The lowest BCUT2D eigenvalue weighted by atomic mass is 10.2. The smallest absolute Gasteiger partial charge is 0.286 e. The number of H-pyrrole nitrogens is 1. The Hall–Kier alpha value is -3.35. The Balaban J connectivity index is 1.62. The maximum Gasteiger partial charge on any atom is 0.286 e. The minimum Gasteiger partial charge on any atom is -0.357 e. The molecule has 110 valence electrons. The molecule has 2 amide bonds. The molecule has 0 saturated heterocycles. The van der Waals surface area contributed by atoms with Crippen LogP contribution in [0.3, 0.4) is 0 Å². The van der Waals surface area contributed by atoms with Gasteiger partial charge in [-0.25, -0.2) is 4.68 Å². The summed E-state index contributed by atoms with van der Waals surface area (Å²) in [4.78, 5) is 26.4. The quantitative estimate of drug-likeness (QED) is 0.635. The van der Waals surface area contributed by atoms with Crippen LogP contribution < -0.4 is 10.9 Å². The maximum atomic E-state index is 12.0. The number of hydrogen-bond donors (Lipinski definition) is 3. The summed E-state index contributed by atoms with van der Waals surface area (Å²) in [5.74, 6) is -0.807. The van der Waals surface area contributed by atoms with Gasteiger partial charge in [-0.05, 0) is 42.5 Å². The highest BCUT2D eigenvalue weighted by Crippen LogP contribution is 2.08. The molecule has 7 heteroatoms. The first-order valence-corrected chi connectivity index (χ1v) is 6.58. The Kier molecular flexibility index (Phi) is 3.69. The first-order valence-electron chi connectivity index (χ1n) is 6.58. The van der Waals surface area contributed by atoms with E-state index >= 15 is 0 Å². The SMILES string of the molecule is O=C(NNC(=O)c1ccc[nH]1)c1ccc(-n2cccn2)cc1. The van der Waals surface area contributed by atoms with Crippen LogP contribution in [-0.4, -0.2) is 26.6 Å². The van der Waals surface area contributed by atoms with Crippen LogP contribution in [0.15, 0.2) is 61.1 Å². The molecule has 3 rings (SSSR count). The van der Waals surface area contributed by atoms with Crippen LogP contribution in [0.25, 0.3) is 5.69 Å². The normalized spacial score (nSPS) is 10.2. The van der Waals surface area contributed by atoms with E-state index < -0.39 is 11.8 Å². The summed E-state index contributed by atoms with van der Waals surface area (Å²) < 4.78 is 1.69. The van der Waals surface area contributed by atoms with Gasteiger partial charge in [0.2, 0.25) is 0 Å². The summed E-state index contributed by atoms with van der Waals surface area (Å²) in [6.45, 7) is 0. The molecule has 0 spiro atoms. The maximum absolute atomic E-state index is 12.0. The number of nitrogens with zero attached hydrogens (tertiary/aromatic N) is 2. The van der Waals surface area contributed by atoms with Crippen molar-refractivity contribution in [1.29, 1.82) is 0 Å². The molecule has 1 aromatic carbocycles. The van der Waals surface area contributed by atoms with Crippen LogP contribution in [0.2, 0.25) is 0 Å². The Morgan fingerprint density at radius 3 is 2.41 bits per heavy atom. The van der Waals surface area contributed by atoms with Crippen molar-refractivity contribution >= 4 is 11.8 Å². The van der Waals surface area contributed by atoms with E-state index in [2.05, 4.69) is 20.9 Å². The number of benzene rings is 1. The summed E-state index contributed by atoms with van der Waals surface area (Å²) in [7, 11) is 0. The van der Waals surface area contributed by atoms with Gasteiger partial charge in [0.15, 0.2) is 0 Å². The molecule has 7 nitrogen and oxygen atoms in total. The Labute approximate surface area is 125 Å². The average Bonchev–Trinajstić information content (AvgIpc) is 3.25. The van der Waals surface area contributed by atoms with E-state index in [1.54, 1.807) is 53.5 Å². The lowest BCUT2D eigenvalue weighted by molar-refractivity contribution is 0.0844. The van der Waals surface area contributed by atoms with Crippen molar-refractivity contribution in [3.8, 4) is 5.69 Å². The van der Waals surface area contributed by atoms with Crippen molar-refractivity contribution in [2.75, 3.05) is 0 Å². The van der Waals surface area contributed by atoms with Gasteiger partial charge in [0.05, 0.1) is 5.69 Å². The fourth-order valence-corrected chi connectivity index (χ4v) is 1.91. The molecule has 3 aromatic rings. The standard InChI is InChI=1S/C15H13N5O2/c21-14(18-19-15(22)13-3-1-8-16-13)11-4-6-12(7-5-11)20-10-2-9-17-20/h1-10,16H,(H,18,21)(H,19,22). The number of hydrogen-bond acceptors (Lipinski definition) is 3. The summed E-state index contributed by atoms with van der Waals surface area (Å²) in [5.41, 5.74) is 6.35. The average molecular weight is 295 g/mol. The Morgan fingerprint density at radius 1 is 1.00 bits per heavy atom. The van der Waals surface area contributed by atoms with E-state index in [1.165, 1.54) is 0 Å². The lowest BCUT2D eigenvalue weighted by Gasteiger charge is -2.07. The van der Waals surface area contributed by atoms with Crippen molar-refractivity contribution in [3.05, 3.63) is 72.3 Å². The molecule has 2 aromatic heterocycles. The van der Waals surface area contributed by atoms with E-state index in [1.807, 2.05) is 12.3 Å². The fourth-order valence-electron chi connectivity index (χ4n) is 1.91. The molecule has 0 fully saturated rings. The molecule has 0 bridgehead atoms. The van der Waals surface area contributed by atoms with Crippen molar-refractivity contribution in [2.24, 2.45) is 0 Å². The molecule has 0 aliphatic rings. The van der Waals surface area contributed by atoms with Gasteiger partial charge < -0.3 is 4.98 Å². The van der Waals surface area contributed by atoms with Gasteiger partial charge in [-0.1, -0.05) is 0 Å². The monoisotopic (exact) mass is 295 g/mol. The first-order chi connectivity index (χ1) is 10.7. The van der Waals surface area contributed by atoms with Crippen molar-refractivity contribution < 1.29 is 9.59 Å². The van der Waals surface area contributed by atoms with Gasteiger partial charge in [-0.3, -0.25) is 20.4 Å². The summed E-state index contributed by atoms with van der Waals surface area (Å²) >= 11 is 0. The predicted molar refractivity (Wildman–Crippen MR) is 79.3 cm³/mol. The molecule has 0 aliphatic heterocycles. The summed E-state index contributed by atoms with van der Waals surface area (Å²) in [5, 5.41) is 4.10. The van der Waals surface area contributed by atoms with E-state index in [-0.39, 0.29) is 0 Å². The largest absolute Gasteiger partial charge is 0.357 e. The van der Waals surface area contributed by atoms with Gasteiger partial charge in [0, 0.05) is 24.2 Å². The third-order valence-corrected chi connectivity index (χ3v) is 3.03. The number of rotatable bonds is 3. The van der Waals surface area contributed by atoms with Crippen LogP contribution in [-0.2, 0) is 0 Å². The molecular weight excluding hydrogens is 282 g/mol. The molecule has 0 atom stereocenters. The van der Waals surface area contributed by atoms with Crippen LogP contribution in [0.1, 0.15) is 20.8 Å². The van der Waals surface area contributed by atoms with Crippen LogP contribution in [0.4, 0.5) is 0 Å². The van der Waals surface area contributed by atoms with E-state index in [9.17, 15) is 9.59 Å². The molecule has 0 saturated carbocycles. The van der Waals surface area contributed by atoms with Crippen molar-refractivity contribution in [1.82, 2.24) is 25.6 Å². The second kappa shape index (κ2) is 5.96. The highest BCUT2D eigenvalue weighted by Gasteiger charge is 2.09. The third-order valence-electron chi connectivity index (χ3n) is 3.03. The summed E-state index contributed by atoms with van der Waals surface area (Å²) in [6, 6.07) is 12.0. The first kappa shape index (κ1) is 13.6. The molecule has 0 unspecified atom stereocenters. The topological polar surface area (TPSA) is 91.8 Å². The van der Waals surface area contributed by atoms with Crippen molar-refractivity contribution in [2.45, 2.75) is 0 Å². The van der Waals surface area contributed by atoms with Gasteiger partial charge in [0.1, 0.15) is 5.69 Å². The number of nitrogens with one attached hydrogen (secondary N) is 3. The molecule has 2 heterocycles. The van der Waals surface area contributed by atoms with Gasteiger partial charge in [0.25, 0.3) is 11.8 Å². The number of aromatic nitrogens is 3. The van der Waals surface area contributed by atoms with E-state index in [0.717, 1.165) is 5.69 Å². The number of carbonyl (C=O) groups is 2. The van der Waals surface area contributed by atoms with Crippen LogP contribution in [0.5, 0.6) is 0 Å². The number of amides is 2. The zero-order valence-electron chi connectivity index (χ0n) is 11.5. The zero-order valence-corrected chi connectivity index (χ0v) is 11.5. The highest BCUT2D eigenvalue weighted by molar-refractivity contribution is 5.98. The molecule has 0 aliphatic carbocycles. The fraction of sp³-hybridized carbons (Fsp3) is 0. The molecule has 22 heavy (non-hydrogen) atoms. The van der Waals surface area contributed by atoms with Gasteiger partial charge in [-0.2, -0.15) is 5.10 Å². The number of carbonyl (C=O) groups excluding carboxylic acids is 2. The third kappa shape index (κ3) is 2.88. The highest BCUT2D eigenvalue weighted by atomic mass is 16.2. The Morgan fingerprint density at radius 2 is 1.77 bits per heavy atom. The van der Waals surface area contributed by atoms with E-state index in [4.69, 9.17) is 0 Å². The minimum atomic E-state index is -0.411. The minimum absolute atomic E-state index is 0.370. The van der Waals surface area contributed by atoms with Gasteiger partial charge in [-0.15, -0.1) is 0 Å². The van der Waals surface area contributed by atoms with Crippen molar-refractivity contribution in [3.63, 3.8) is 0 Å². The van der Waals surface area contributed by atoms with Gasteiger partial charge >= 0.3 is 0 Å². The second-order valence-corrected chi connectivity index (χ2v) is 4.49.